The van der Waals surface area contributed by atoms with E-state index in [9.17, 15) is 14.4 Å². The number of nitrogens with zero attached hydrogens (tertiary/aromatic N) is 1. The Morgan fingerprint density at radius 2 is 1.48 bits per heavy atom. The van der Waals surface area contributed by atoms with Crippen molar-refractivity contribution in [2.45, 2.75) is 26.2 Å². The summed E-state index contributed by atoms with van der Waals surface area (Å²) in [7, 11) is 0. The third kappa shape index (κ3) is 10.9. The number of rotatable bonds is 12. The number of unbranched alkanes of at least 4 members (excludes halogenated alkanes) is 1. The van der Waals surface area contributed by atoms with E-state index < -0.39 is 11.9 Å². The highest BCUT2D eigenvalue weighted by atomic mass is 16.5. The van der Waals surface area contributed by atoms with Crippen LogP contribution >= 0.6 is 0 Å². The van der Waals surface area contributed by atoms with Gasteiger partial charge in [-0.25, -0.2) is 9.59 Å². The van der Waals surface area contributed by atoms with Crippen LogP contribution in [0, 0.1) is 0 Å². The zero-order chi connectivity index (χ0) is 17.5. The van der Waals surface area contributed by atoms with E-state index in [1.807, 2.05) is 12.2 Å². The summed E-state index contributed by atoms with van der Waals surface area (Å²) < 4.78 is 9.74. The third-order valence-electron chi connectivity index (χ3n) is 2.81. The highest BCUT2D eigenvalue weighted by molar-refractivity contribution is 5.81. The van der Waals surface area contributed by atoms with Crippen LogP contribution in [0.2, 0.25) is 0 Å². The second-order valence-electron chi connectivity index (χ2n) is 4.59. The molecule has 128 valence electrons. The van der Waals surface area contributed by atoms with Gasteiger partial charge in [-0.2, -0.15) is 0 Å². The Kier molecular flexibility index (Phi) is 11.9. The van der Waals surface area contributed by atoms with Gasteiger partial charge >= 0.3 is 11.9 Å². The van der Waals surface area contributed by atoms with E-state index >= 15 is 0 Å². The summed E-state index contributed by atoms with van der Waals surface area (Å²) in [5.74, 6) is -1.21. The maximum absolute atomic E-state index is 12.2. The molecule has 6 heteroatoms. The van der Waals surface area contributed by atoms with Crippen LogP contribution in [0.3, 0.4) is 0 Å². The zero-order valence-corrected chi connectivity index (χ0v) is 13.7. The Morgan fingerprint density at radius 3 is 1.91 bits per heavy atom. The van der Waals surface area contributed by atoms with Crippen LogP contribution in [0.5, 0.6) is 0 Å². The van der Waals surface area contributed by atoms with E-state index in [0.717, 1.165) is 25.0 Å². The van der Waals surface area contributed by atoms with Crippen molar-refractivity contribution in [3.8, 4) is 0 Å². The second kappa shape index (κ2) is 13.3. The van der Waals surface area contributed by atoms with Crippen LogP contribution in [0.15, 0.2) is 37.5 Å². The van der Waals surface area contributed by atoms with E-state index in [-0.39, 0.29) is 38.6 Å². The number of ether oxygens (including phenoxy) is 2. The quantitative estimate of drug-likeness (QED) is 0.312. The van der Waals surface area contributed by atoms with E-state index in [1.54, 1.807) is 0 Å². The monoisotopic (exact) mass is 323 g/mol. The van der Waals surface area contributed by atoms with Crippen molar-refractivity contribution in [2.24, 2.45) is 0 Å². The Hall–Kier alpha value is -2.37. The summed E-state index contributed by atoms with van der Waals surface area (Å²) in [6.07, 6.45) is 8.07. The van der Waals surface area contributed by atoms with Crippen LogP contribution in [0.25, 0.3) is 0 Å². The van der Waals surface area contributed by atoms with Crippen molar-refractivity contribution >= 4 is 17.8 Å². The first-order valence-corrected chi connectivity index (χ1v) is 7.56. The topological polar surface area (TPSA) is 72.9 Å². The van der Waals surface area contributed by atoms with Gasteiger partial charge in [0.05, 0.1) is 13.1 Å². The summed E-state index contributed by atoms with van der Waals surface area (Å²) in [4.78, 5) is 35.7. The molecule has 0 radical (unpaired) electrons. The molecule has 0 saturated heterocycles. The zero-order valence-electron chi connectivity index (χ0n) is 13.7. The third-order valence-corrected chi connectivity index (χ3v) is 2.81. The van der Waals surface area contributed by atoms with E-state index in [2.05, 4.69) is 20.1 Å². The summed E-state index contributed by atoms with van der Waals surface area (Å²) in [6, 6.07) is 0. The number of carbonyl (C=O) groups excluding carboxylic acids is 3. The Labute approximate surface area is 137 Å². The molecule has 0 rings (SSSR count). The summed E-state index contributed by atoms with van der Waals surface area (Å²) in [5, 5.41) is 0. The number of hydrogen-bond acceptors (Lipinski definition) is 5. The normalized spacial score (nSPS) is 10.1. The molecule has 0 fully saturated rings. The van der Waals surface area contributed by atoms with Crippen molar-refractivity contribution in [2.75, 3.05) is 26.3 Å². The van der Waals surface area contributed by atoms with Crippen molar-refractivity contribution in [1.29, 1.82) is 0 Å². The summed E-state index contributed by atoms with van der Waals surface area (Å²) in [5.41, 5.74) is 0. The lowest BCUT2D eigenvalue weighted by atomic mass is 10.2. The minimum atomic E-state index is -0.543. The van der Waals surface area contributed by atoms with E-state index in [1.165, 1.54) is 4.90 Å². The van der Waals surface area contributed by atoms with Gasteiger partial charge in [-0.1, -0.05) is 38.7 Å². The van der Waals surface area contributed by atoms with Gasteiger partial charge in [0.1, 0.15) is 13.2 Å². The molecule has 0 atom stereocenters. The molecule has 0 N–H and O–H groups in total. The molecule has 0 saturated carbocycles. The molecule has 0 aromatic heterocycles. The van der Waals surface area contributed by atoms with Crippen LogP contribution in [0.1, 0.15) is 26.2 Å². The number of esters is 2. The maximum atomic E-state index is 12.2. The lowest BCUT2D eigenvalue weighted by Crippen LogP contribution is -2.37. The van der Waals surface area contributed by atoms with E-state index in [0.29, 0.717) is 0 Å². The first-order valence-electron chi connectivity index (χ1n) is 7.56. The lowest BCUT2D eigenvalue weighted by Gasteiger charge is -2.21. The average Bonchev–Trinajstić information content (AvgIpc) is 2.56. The maximum Gasteiger partial charge on any atom is 0.330 e. The number of allylic oxidation sites excluding steroid dienone is 1. The van der Waals surface area contributed by atoms with Crippen molar-refractivity contribution in [1.82, 2.24) is 4.90 Å². The number of carbonyl (C=O) groups is 3. The standard InChI is InChI=1S/C17H25NO5/c1-4-7-8-9-10-15(19)18(11-13-22-16(20)5-2)12-14-23-17(21)6-3/h5-6,8-9H,2-4,7,10-14H2,1H3. The van der Waals surface area contributed by atoms with Crippen LogP contribution in [0.4, 0.5) is 0 Å². The SMILES string of the molecule is C=CC(=O)OCCN(CCOC(=O)C=C)C(=O)CC=CCCC. The predicted octanol–water partition coefficient (Wildman–Crippen LogP) is 2.02. The Bertz CT molecular complexity index is 416. The van der Waals surface area contributed by atoms with Gasteiger partial charge in [0.2, 0.25) is 5.91 Å². The van der Waals surface area contributed by atoms with Crippen LogP contribution in [-0.2, 0) is 23.9 Å². The molecule has 0 aromatic rings. The molecule has 0 heterocycles. The molecule has 0 spiro atoms. The summed E-state index contributed by atoms with van der Waals surface area (Å²) >= 11 is 0. The molecule has 0 aliphatic heterocycles. The van der Waals surface area contributed by atoms with E-state index in [4.69, 9.17) is 9.47 Å². The average molecular weight is 323 g/mol. The molecular formula is C17H25NO5. The van der Waals surface area contributed by atoms with Gasteiger partial charge in [-0.05, 0) is 6.42 Å². The van der Waals surface area contributed by atoms with Gasteiger partial charge in [-0.15, -0.1) is 0 Å². The Morgan fingerprint density at radius 1 is 0.957 bits per heavy atom. The van der Waals surface area contributed by atoms with Crippen LogP contribution in [-0.4, -0.2) is 49.0 Å². The molecule has 0 aromatic carbocycles. The molecule has 0 aliphatic carbocycles. The van der Waals surface area contributed by atoms with Gasteiger partial charge < -0.3 is 14.4 Å². The molecule has 23 heavy (non-hydrogen) atoms. The van der Waals surface area contributed by atoms with Gasteiger partial charge in [0.15, 0.2) is 0 Å². The largest absolute Gasteiger partial charge is 0.461 e. The fourth-order valence-corrected chi connectivity index (χ4v) is 1.59. The molecular weight excluding hydrogens is 298 g/mol. The minimum Gasteiger partial charge on any atom is -0.461 e. The number of amides is 1. The first-order chi connectivity index (χ1) is 11.0. The highest BCUT2D eigenvalue weighted by Gasteiger charge is 2.13. The molecule has 0 aliphatic rings. The Balaban J connectivity index is 4.41. The van der Waals surface area contributed by atoms with Gasteiger partial charge in [0, 0.05) is 18.6 Å². The van der Waals surface area contributed by atoms with Gasteiger partial charge in [-0.3, -0.25) is 4.79 Å². The molecule has 6 nitrogen and oxygen atoms in total. The number of hydrogen-bond donors (Lipinski definition) is 0. The van der Waals surface area contributed by atoms with Crippen molar-refractivity contribution < 1.29 is 23.9 Å². The van der Waals surface area contributed by atoms with Crippen molar-refractivity contribution in [3.05, 3.63) is 37.5 Å². The second-order valence-corrected chi connectivity index (χ2v) is 4.59. The summed E-state index contributed by atoms with van der Waals surface area (Å²) in [6.45, 7) is 9.23. The van der Waals surface area contributed by atoms with Crippen LogP contribution < -0.4 is 0 Å². The van der Waals surface area contributed by atoms with Crippen molar-refractivity contribution in [3.63, 3.8) is 0 Å². The molecule has 0 bridgehead atoms. The fourth-order valence-electron chi connectivity index (χ4n) is 1.59. The lowest BCUT2D eigenvalue weighted by molar-refractivity contribution is -0.142. The molecule has 0 unspecified atom stereocenters. The van der Waals surface area contributed by atoms with Gasteiger partial charge in [0.25, 0.3) is 0 Å². The first kappa shape index (κ1) is 20.6. The predicted molar refractivity (Wildman–Crippen MR) is 87.6 cm³/mol. The minimum absolute atomic E-state index is 0.0602. The fraction of sp³-hybridized carbons (Fsp3) is 0.471. The smallest absolute Gasteiger partial charge is 0.330 e. The molecule has 1 amide bonds. The highest BCUT2D eigenvalue weighted by Crippen LogP contribution is 1.99.